The summed E-state index contributed by atoms with van der Waals surface area (Å²) in [7, 11) is 0. The van der Waals surface area contributed by atoms with Crippen LogP contribution in [0.1, 0.15) is 0 Å². The third-order valence-electron chi connectivity index (χ3n) is 8.82. The molecule has 0 aliphatic carbocycles. The zero-order valence-corrected chi connectivity index (χ0v) is 23.4. The molecule has 0 aliphatic heterocycles. The number of furan rings is 1. The Kier molecular flexibility index (Phi) is 5.27. The van der Waals surface area contributed by atoms with Crippen molar-refractivity contribution in [2.24, 2.45) is 0 Å². The Morgan fingerprint density at radius 2 is 0.860 bits per heavy atom. The van der Waals surface area contributed by atoms with Crippen LogP contribution in [-0.4, -0.2) is 0 Å². The lowest BCUT2D eigenvalue weighted by atomic mass is 9.85. The van der Waals surface area contributed by atoms with Crippen molar-refractivity contribution in [3.63, 3.8) is 0 Å². The first-order valence-electron chi connectivity index (χ1n) is 14.8. The third-order valence-corrected chi connectivity index (χ3v) is 8.82. The lowest BCUT2D eigenvalue weighted by molar-refractivity contribution is 0.669. The summed E-state index contributed by atoms with van der Waals surface area (Å²) < 4.78 is 6.41. The summed E-state index contributed by atoms with van der Waals surface area (Å²) in [6.45, 7) is 0. The van der Waals surface area contributed by atoms with Gasteiger partial charge in [-0.3, -0.25) is 0 Å². The van der Waals surface area contributed by atoms with Gasteiger partial charge in [-0.05, 0) is 90.0 Å². The van der Waals surface area contributed by atoms with Gasteiger partial charge in [0.2, 0.25) is 0 Å². The fraction of sp³-hybridized carbons (Fsp3) is 0. The van der Waals surface area contributed by atoms with Gasteiger partial charge < -0.3 is 4.42 Å². The van der Waals surface area contributed by atoms with Crippen LogP contribution in [0.4, 0.5) is 0 Å². The van der Waals surface area contributed by atoms with Gasteiger partial charge in [0.25, 0.3) is 0 Å². The molecular weight excluding hydrogens is 520 g/mol. The third kappa shape index (κ3) is 3.72. The summed E-state index contributed by atoms with van der Waals surface area (Å²) >= 11 is 0. The van der Waals surface area contributed by atoms with E-state index in [9.17, 15) is 0 Å². The molecule has 0 atom stereocenters. The first kappa shape index (κ1) is 24.0. The van der Waals surface area contributed by atoms with Crippen molar-refractivity contribution in [2.45, 2.75) is 0 Å². The molecule has 8 aromatic carbocycles. The average molecular weight is 547 g/mol. The molecule has 0 fully saturated rings. The van der Waals surface area contributed by atoms with E-state index in [4.69, 9.17) is 4.42 Å². The fourth-order valence-corrected chi connectivity index (χ4v) is 6.95. The molecule has 1 heteroatoms. The van der Waals surface area contributed by atoms with Crippen LogP contribution in [0.5, 0.6) is 0 Å². The first-order valence-corrected chi connectivity index (χ1v) is 14.8. The van der Waals surface area contributed by atoms with Gasteiger partial charge in [-0.2, -0.15) is 0 Å². The standard InChI is InChI=1S/C42H26O/c1-2-12-27(13-3-1)40-33-18-6-8-20-35(33)41(36-21-9-7-19-34(36)40)31-17-10-16-30(24-31)32-22-11-23-38-42(32)37-25-28-14-4-5-15-29(28)26-39(37)43-38/h1-26H. The normalized spacial score (nSPS) is 11.7. The van der Waals surface area contributed by atoms with E-state index in [2.05, 4.69) is 158 Å². The van der Waals surface area contributed by atoms with Gasteiger partial charge in [0.1, 0.15) is 11.2 Å². The summed E-state index contributed by atoms with van der Waals surface area (Å²) in [4.78, 5) is 0. The van der Waals surface area contributed by atoms with Crippen molar-refractivity contribution in [2.75, 3.05) is 0 Å². The molecule has 0 radical (unpaired) electrons. The molecule has 1 heterocycles. The van der Waals surface area contributed by atoms with Crippen LogP contribution in [0.3, 0.4) is 0 Å². The fourth-order valence-electron chi connectivity index (χ4n) is 6.95. The van der Waals surface area contributed by atoms with Crippen LogP contribution >= 0.6 is 0 Å². The Labute approximate surface area is 249 Å². The van der Waals surface area contributed by atoms with E-state index in [1.54, 1.807) is 0 Å². The Balaban J connectivity index is 1.32. The topological polar surface area (TPSA) is 13.1 Å². The maximum absolute atomic E-state index is 6.41. The second kappa shape index (κ2) is 9.44. The zero-order valence-electron chi connectivity index (χ0n) is 23.4. The van der Waals surface area contributed by atoms with Crippen LogP contribution in [0.15, 0.2) is 162 Å². The summed E-state index contributed by atoms with van der Waals surface area (Å²) in [6, 6.07) is 56.8. The van der Waals surface area contributed by atoms with Gasteiger partial charge in [0.15, 0.2) is 0 Å². The Bertz CT molecular complexity index is 2440. The largest absolute Gasteiger partial charge is 0.456 e. The van der Waals surface area contributed by atoms with Crippen molar-refractivity contribution in [3.8, 4) is 33.4 Å². The summed E-state index contributed by atoms with van der Waals surface area (Å²) in [5.74, 6) is 0. The second-order valence-electron chi connectivity index (χ2n) is 11.3. The van der Waals surface area contributed by atoms with Gasteiger partial charge in [-0.15, -0.1) is 0 Å². The Hall–Kier alpha value is -5.66. The van der Waals surface area contributed by atoms with E-state index < -0.39 is 0 Å². The second-order valence-corrected chi connectivity index (χ2v) is 11.3. The van der Waals surface area contributed by atoms with Gasteiger partial charge in [0.05, 0.1) is 0 Å². The summed E-state index contributed by atoms with van der Waals surface area (Å²) in [5, 5.41) is 9.77. The van der Waals surface area contributed by atoms with E-state index in [1.807, 2.05) is 0 Å². The predicted octanol–water partition coefficient (Wildman–Crippen LogP) is 12.0. The number of fused-ring (bicyclic) bond motifs is 6. The molecule has 200 valence electrons. The molecule has 0 bridgehead atoms. The maximum Gasteiger partial charge on any atom is 0.136 e. The minimum atomic E-state index is 0.913. The van der Waals surface area contributed by atoms with Crippen molar-refractivity contribution in [1.29, 1.82) is 0 Å². The molecule has 0 spiro atoms. The number of hydrogen-bond acceptors (Lipinski definition) is 1. The molecule has 1 aromatic heterocycles. The van der Waals surface area contributed by atoms with Gasteiger partial charge >= 0.3 is 0 Å². The minimum absolute atomic E-state index is 0.913. The summed E-state index contributed by atoms with van der Waals surface area (Å²) in [6.07, 6.45) is 0. The highest BCUT2D eigenvalue weighted by atomic mass is 16.3. The molecule has 0 saturated carbocycles. The highest BCUT2D eigenvalue weighted by molar-refractivity contribution is 6.22. The molecule has 9 rings (SSSR count). The average Bonchev–Trinajstić information content (AvgIpc) is 3.44. The molecule has 0 N–H and O–H groups in total. The van der Waals surface area contributed by atoms with Crippen LogP contribution in [0.25, 0.3) is 87.6 Å². The lowest BCUT2D eigenvalue weighted by Crippen LogP contribution is -1.91. The molecule has 43 heavy (non-hydrogen) atoms. The molecule has 0 amide bonds. The van der Waals surface area contributed by atoms with E-state index in [1.165, 1.54) is 65.7 Å². The van der Waals surface area contributed by atoms with Crippen molar-refractivity contribution < 1.29 is 4.42 Å². The van der Waals surface area contributed by atoms with Crippen molar-refractivity contribution >= 4 is 54.3 Å². The minimum Gasteiger partial charge on any atom is -0.456 e. The lowest BCUT2D eigenvalue weighted by Gasteiger charge is -2.18. The monoisotopic (exact) mass is 546 g/mol. The highest BCUT2D eigenvalue weighted by Crippen LogP contribution is 2.45. The van der Waals surface area contributed by atoms with Crippen LogP contribution in [0, 0.1) is 0 Å². The Morgan fingerprint density at radius 1 is 0.326 bits per heavy atom. The smallest absolute Gasteiger partial charge is 0.136 e. The van der Waals surface area contributed by atoms with Gasteiger partial charge in [-0.1, -0.05) is 133 Å². The van der Waals surface area contributed by atoms with E-state index in [0.29, 0.717) is 0 Å². The zero-order chi connectivity index (χ0) is 28.3. The molecule has 9 aromatic rings. The quantitative estimate of drug-likeness (QED) is 0.201. The molecule has 1 nitrogen and oxygen atoms in total. The van der Waals surface area contributed by atoms with Gasteiger partial charge in [-0.25, -0.2) is 0 Å². The maximum atomic E-state index is 6.41. The van der Waals surface area contributed by atoms with E-state index >= 15 is 0 Å². The number of benzene rings is 8. The molecule has 0 unspecified atom stereocenters. The van der Waals surface area contributed by atoms with Crippen LogP contribution in [-0.2, 0) is 0 Å². The van der Waals surface area contributed by atoms with Gasteiger partial charge in [0, 0.05) is 10.8 Å². The van der Waals surface area contributed by atoms with Crippen LogP contribution in [0.2, 0.25) is 0 Å². The van der Waals surface area contributed by atoms with E-state index in [-0.39, 0.29) is 0 Å². The van der Waals surface area contributed by atoms with Crippen LogP contribution < -0.4 is 0 Å². The Morgan fingerprint density at radius 3 is 1.56 bits per heavy atom. The molecule has 0 saturated heterocycles. The molecule has 0 aliphatic rings. The highest BCUT2D eigenvalue weighted by Gasteiger charge is 2.18. The molecular formula is C42H26O. The SMILES string of the molecule is c1ccc(-c2c3ccccc3c(-c3cccc(-c4cccc5oc6cc7ccccc7cc6c45)c3)c3ccccc23)cc1. The number of rotatable bonds is 3. The summed E-state index contributed by atoms with van der Waals surface area (Å²) in [5.41, 5.74) is 9.20. The van der Waals surface area contributed by atoms with Crippen molar-refractivity contribution in [1.82, 2.24) is 0 Å². The van der Waals surface area contributed by atoms with E-state index in [0.717, 1.165) is 21.9 Å². The van der Waals surface area contributed by atoms with Crippen molar-refractivity contribution in [3.05, 3.63) is 158 Å². The number of hydrogen-bond donors (Lipinski definition) is 0. The predicted molar refractivity (Wildman–Crippen MR) is 183 cm³/mol. The first-order chi connectivity index (χ1) is 21.3.